The predicted octanol–water partition coefficient (Wildman–Crippen LogP) is 0.365. The topological polar surface area (TPSA) is 60.4 Å². The fraction of sp³-hybridized carbons (Fsp3) is 1.00. The lowest BCUT2D eigenvalue weighted by atomic mass is 11.0. The van der Waals surface area contributed by atoms with Crippen LogP contribution in [0.3, 0.4) is 0 Å². The molecule has 40 valence electrons. The van der Waals surface area contributed by atoms with Gasteiger partial charge in [-0.1, -0.05) is 13.8 Å². The molecular formula is C2H7O3S-. The van der Waals surface area contributed by atoms with Gasteiger partial charge in [-0.05, 0) is 0 Å². The van der Waals surface area contributed by atoms with Crippen molar-refractivity contribution in [2.24, 2.45) is 0 Å². The molecule has 4 heteroatoms. The van der Waals surface area contributed by atoms with Gasteiger partial charge >= 0.3 is 0 Å². The van der Waals surface area contributed by atoms with Crippen molar-refractivity contribution in [3.05, 3.63) is 0 Å². The zero-order valence-electron chi connectivity index (χ0n) is 3.67. The maximum atomic E-state index is 8.56. The van der Waals surface area contributed by atoms with Crippen molar-refractivity contribution in [1.82, 2.24) is 0 Å². The molecular weight excluding hydrogens is 104 g/mol. The second-order valence-electron chi connectivity index (χ2n) is 0.217. The van der Waals surface area contributed by atoms with Crippen LogP contribution < -0.4 is 0 Å². The van der Waals surface area contributed by atoms with E-state index in [1.54, 1.807) is 0 Å². The van der Waals surface area contributed by atoms with Crippen LogP contribution in [-0.2, 0) is 11.4 Å². The van der Waals surface area contributed by atoms with Crippen molar-refractivity contribution in [2.45, 2.75) is 13.8 Å². The minimum Gasteiger partial charge on any atom is -0.750 e. The largest absolute Gasteiger partial charge is 0.750 e. The van der Waals surface area contributed by atoms with Gasteiger partial charge in [0, 0.05) is 0 Å². The van der Waals surface area contributed by atoms with E-state index >= 15 is 0 Å². The third-order valence-corrected chi connectivity index (χ3v) is 0. The van der Waals surface area contributed by atoms with Crippen molar-refractivity contribution >= 4 is 11.4 Å². The van der Waals surface area contributed by atoms with Crippen LogP contribution in [0.1, 0.15) is 13.8 Å². The predicted molar refractivity (Wildman–Crippen MR) is 22.9 cm³/mol. The highest BCUT2D eigenvalue weighted by Gasteiger charge is 1.42. The molecule has 0 spiro atoms. The van der Waals surface area contributed by atoms with Crippen LogP contribution in [-0.4, -0.2) is 13.3 Å². The van der Waals surface area contributed by atoms with E-state index in [0.717, 1.165) is 0 Å². The van der Waals surface area contributed by atoms with Gasteiger partial charge in [0.1, 0.15) is 0 Å². The quantitative estimate of drug-likeness (QED) is 0.459. The summed E-state index contributed by atoms with van der Waals surface area (Å²) in [5, 5.41) is 0. The summed E-state index contributed by atoms with van der Waals surface area (Å²) in [4.78, 5) is 0. The van der Waals surface area contributed by atoms with Crippen LogP contribution in [0, 0.1) is 0 Å². The highest BCUT2D eigenvalue weighted by molar-refractivity contribution is 7.73. The summed E-state index contributed by atoms with van der Waals surface area (Å²) in [5.41, 5.74) is 0. The maximum Gasteiger partial charge on any atom is 0.0814 e. The fourth-order valence-electron chi connectivity index (χ4n) is 0. The van der Waals surface area contributed by atoms with E-state index in [-0.39, 0.29) is 0 Å². The zero-order valence-corrected chi connectivity index (χ0v) is 4.49. The first-order valence-electron chi connectivity index (χ1n) is 1.52. The molecule has 0 aliphatic carbocycles. The van der Waals surface area contributed by atoms with Crippen molar-refractivity contribution in [3.8, 4) is 0 Å². The Labute approximate surface area is 39.5 Å². The second kappa shape index (κ2) is 8.91. The van der Waals surface area contributed by atoms with Gasteiger partial charge in [-0.3, -0.25) is 0 Å². The van der Waals surface area contributed by atoms with Crippen LogP contribution >= 0.6 is 0 Å². The van der Waals surface area contributed by atoms with E-state index < -0.39 is 11.4 Å². The van der Waals surface area contributed by atoms with Crippen LogP contribution in [0.4, 0.5) is 0 Å². The number of rotatable bonds is 0. The second-order valence-corrected chi connectivity index (χ2v) is 0.651. The monoisotopic (exact) mass is 111 g/mol. The van der Waals surface area contributed by atoms with E-state index in [9.17, 15) is 0 Å². The molecule has 0 aromatic rings. The first-order chi connectivity index (χ1) is 2.73. The lowest BCUT2D eigenvalue weighted by Crippen LogP contribution is -1.75. The smallest absolute Gasteiger partial charge is 0.0814 e. The van der Waals surface area contributed by atoms with Gasteiger partial charge in [0.05, 0.1) is 11.4 Å². The summed E-state index contributed by atoms with van der Waals surface area (Å²) in [7, 11) is 0. The van der Waals surface area contributed by atoms with E-state index in [0.29, 0.717) is 0 Å². The minimum absolute atomic E-state index is 2.00. The van der Waals surface area contributed by atoms with Gasteiger partial charge in [0.15, 0.2) is 0 Å². The molecule has 0 radical (unpaired) electrons. The highest BCUT2D eigenvalue weighted by atomic mass is 32.2. The molecule has 1 N–H and O–H groups in total. The van der Waals surface area contributed by atoms with Crippen LogP contribution in [0.5, 0.6) is 0 Å². The molecule has 0 bridgehead atoms. The third kappa shape index (κ3) is 7830. The minimum atomic E-state index is -2.86. The average molecular weight is 111 g/mol. The van der Waals surface area contributed by atoms with Crippen molar-refractivity contribution in [2.75, 3.05) is 0 Å². The molecule has 0 saturated carbocycles. The summed E-state index contributed by atoms with van der Waals surface area (Å²) >= 11 is -2.86. The van der Waals surface area contributed by atoms with Gasteiger partial charge in [-0.2, -0.15) is 0 Å². The highest BCUT2D eigenvalue weighted by Crippen LogP contribution is 1.43. The first-order valence-corrected chi connectivity index (χ1v) is 2.55. The summed E-state index contributed by atoms with van der Waals surface area (Å²) in [6.45, 7) is 4.00. The normalized spacial score (nSPS) is 11.3. The van der Waals surface area contributed by atoms with E-state index in [2.05, 4.69) is 0 Å². The molecule has 6 heavy (non-hydrogen) atoms. The Balaban J connectivity index is 0. The Morgan fingerprint density at radius 2 is 1.67 bits per heavy atom. The Bertz CT molecular complexity index is 31.8. The molecule has 1 atom stereocenters. The van der Waals surface area contributed by atoms with Crippen LogP contribution in [0.2, 0.25) is 0 Å². The molecule has 0 aromatic carbocycles. The molecule has 0 amide bonds. The Hall–Kier alpha value is 0.0700. The average Bonchev–Trinajstić information content (AvgIpc) is 1.41. The third-order valence-electron chi connectivity index (χ3n) is 0. The molecule has 3 nitrogen and oxygen atoms in total. The molecule has 0 fully saturated rings. The standard InChI is InChI=1S/C2H6.H2O3S/c1-2;1-4(2)3/h1-2H3;(H2,1,2,3)/p-1. The zero-order chi connectivity index (χ0) is 5.58. The molecule has 0 aliphatic rings. The lowest BCUT2D eigenvalue weighted by Gasteiger charge is -1.83. The Morgan fingerprint density at radius 3 is 1.67 bits per heavy atom. The van der Waals surface area contributed by atoms with Gasteiger partial charge in [-0.15, -0.1) is 0 Å². The number of hydrogen-bond donors (Lipinski definition) is 1. The van der Waals surface area contributed by atoms with Gasteiger partial charge in [0.25, 0.3) is 0 Å². The first kappa shape index (κ1) is 9.42. The number of hydrogen-bond acceptors (Lipinski definition) is 2. The Morgan fingerprint density at radius 1 is 1.67 bits per heavy atom. The van der Waals surface area contributed by atoms with E-state index in [1.807, 2.05) is 13.8 Å². The fourth-order valence-corrected chi connectivity index (χ4v) is 0. The summed E-state index contributed by atoms with van der Waals surface area (Å²) in [6, 6.07) is 0. The summed E-state index contributed by atoms with van der Waals surface area (Å²) in [6.07, 6.45) is 0. The van der Waals surface area contributed by atoms with Crippen molar-refractivity contribution < 1.29 is 13.3 Å². The lowest BCUT2D eigenvalue weighted by molar-refractivity contribution is 0.436. The summed E-state index contributed by atoms with van der Waals surface area (Å²) in [5.74, 6) is 0. The SMILES string of the molecule is CC.O=S([O-])O. The van der Waals surface area contributed by atoms with Crippen LogP contribution in [0.25, 0.3) is 0 Å². The Kier molecular flexibility index (Phi) is 14.0. The van der Waals surface area contributed by atoms with Crippen LogP contribution in [0.15, 0.2) is 0 Å². The summed E-state index contributed by atoms with van der Waals surface area (Å²) < 4.78 is 24.1. The molecule has 0 aromatic heterocycles. The van der Waals surface area contributed by atoms with Gasteiger partial charge < -0.3 is 9.11 Å². The van der Waals surface area contributed by atoms with E-state index in [4.69, 9.17) is 13.3 Å². The van der Waals surface area contributed by atoms with Gasteiger partial charge in [-0.25, -0.2) is 4.21 Å². The molecule has 0 aliphatic heterocycles. The molecule has 1 unspecified atom stereocenters. The maximum absolute atomic E-state index is 8.56. The van der Waals surface area contributed by atoms with Gasteiger partial charge in [0.2, 0.25) is 0 Å². The molecule has 0 heterocycles. The molecule has 0 rings (SSSR count). The van der Waals surface area contributed by atoms with Crippen molar-refractivity contribution in [1.29, 1.82) is 0 Å². The molecule has 0 saturated heterocycles. The van der Waals surface area contributed by atoms with Crippen molar-refractivity contribution in [3.63, 3.8) is 0 Å². The van der Waals surface area contributed by atoms with E-state index in [1.165, 1.54) is 0 Å².